The molecule has 0 aliphatic carbocycles. The van der Waals surface area contributed by atoms with E-state index in [1.54, 1.807) is 6.07 Å². The fraction of sp³-hybridized carbons (Fsp3) is 0.455. The van der Waals surface area contributed by atoms with Crippen LogP contribution >= 0.6 is 11.6 Å². The first-order valence-electron chi connectivity index (χ1n) is 10.1. The van der Waals surface area contributed by atoms with Gasteiger partial charge in [-0.3, -0.25) is 4.79 Å². The molecule has 0 saturated carbocycles. The number of alkyl halides is 3. The Hall–Kier alpha value is -2.55. The molecule has 0 atom stereocenters. The van der Waals surface area contributed by atoms with Crippen LogP contribution in [0.2, 0.25) is 5.02 Å². The summed E-state index contributed by atoms with van der Waals surface area (Å²) in [5.74, 6) is -1.86. The largest absolute Gasteiger partial charge is 0.573 e. The van der Waals surface area contributed by atoms with Crippen molar-refractivity contribution in [2.75, 3.05) is 16.8 Å². The van der Waals surface area contributed by atoms with Gasteiger partial charge in [-0.2, -0.15) is 0 Å². The second kappa shape index (κ2) is 9.13. The van der Waals surface area contributed by atoms with E-state index >= 15 is 0 Å². The third kappa shape index (κ3) is 6.48. The van der Waals surface area contributed by atoms with Crippen LogP contribution < -0.4 is 15.0 Å². The maximum atomic E-state index is 14.1. The number of fused-ring (bicyclic) bond motifs is 1. The number of carbonyl (C=O) groups excluding carboxylic acids is 1. The van der Waals surface area contributed by atoms with Crippen molar-refractivity contribution in [3.05, 3.63) is 46.4 Å². The number of anilines is 2. The van der Waals surface area contributed by atoms with Crippen LogP contribution in [0.15, 0.2) is 24.3 Å². The molecule has 2 aromatic rings. The number of nitrogens with zero attached hydrogens (tertiary/aromatic N) is 2. The van der Waals surface area contributed by atoms with E-state index < -0.39 is 17.9 Å². The zero-order valence-electron chi connectivity index (χ0n) is 17.9. The molecule has 5 nitrogen and oxygen atoms in total. The number of rotatable bonds is 5. The molecule has 1 aromatic carbocycles. The van der Waals surface area contributed by atoms with Crippen molar-refractivity contribution in [2.24, 2.45) is 5.41 Å². The average Bonchev–Trinajstić information content (AvgIpc) is 2.63. The van der Waals surface area contributed by atoms with Crippen LogP contribution in [0, 0.1) is 11.2 Å². The number of amides is 1. The van der Waals surface area contributed by atoms with Gasteiger partial charge in [0.25, 0.3) is 0 Å². The SMILES string of the molecule is CC(C)(C)CC(=O)Nc1nc2c(cc1Cl)N(Cc1ccc(OC(F)(F)F)c(F)c1)CCC2. The number of ether oxygens (including phenoxy) is 1. The Kier molecular flexibility index (Phi) is 6.88. The highest BCUT2D eigenvalue weighted by molar-refractivity contribution is 6.33. The first kappa shape index (κ1) is 24.1. The van der Waals surface area contributed by atoms with Gasteiger partial charge in [-0.05, 0) is 42.0 Å². The molecule has 2 heterocycles. The van der Waals surface area contributed by atoms with Crippen LogP contribution in [-0.4, -0.2) is 23.8 Å². The van der Waals surface area contributed by atoms with Crippen molar-refractivity contribution in [1.29, 1.82) is 0 Å². The lowest BCUT2D eigenvalue weighted by atomic mass is 9.92. The number of benzene rings is 1. The lowest BCUT2D eigenvalue weighted by Crippen LogP contribution is -2.30. The Morgan fingerprint density at radius 2 is 1.97 bits per heavy atom. The van der Waals surface area contributed by atoms with E-state index in [1.165, 1.54) is 6.07 Å². The maximum Gasteiger partial charge on any atom is 0.573 e. The van der Waals surface area contributed by atoms with Gasteiger partial charge in [-0.15, -0.1) is 13.2 Å². The fourth-order valence-electron chi connectivity index (χ4n) is 3.51. The van der Waals surface area contributed by atoms with Gasteiger partial charge >= 0.3 is 6.36 Å². The first-order valence-corrected chi connectivity index (χ1v) is 10.5. The number of halogens is 5. The molecule has 174 valence electrons. The van der Waals surface area contributed by atoms with Crippen LogP contribution in [0.1, 0.15) is 44.9 Å². The highest BCUT2D eigenvalue weighted by Crippen LogP contribution is 2.34. The minimum absolute atomic E-state index is 0.183. The molecular formula is C22H24ClF4N3O2. The number of aryl methyl sites for hydroxylation is 1. The molecule has 0 bridgehead atoms. The van der Waals surface area contributed by atoms with Gasteiger partial charge in [0.15, 0.2) is 17.4 Å². The second-order valence-corrected chi connectivity index (χ2v) is 9.32. The zero-order valence-corrected chi connectivity index (χ0v) is 18.7. The van der Waals surface area contributed by atoms with Crippen molar-refractivity contribution < 1.29 is 27.1 Å². The molecule has 3 rings (SSSR count). The van der Waals surface area contributed by atoms with E-state index in [-0.39, 0.29) is 22.9 Å². The number of nitrogens with one attached hydrogen (secondary N) is 1. The molecule has 0 unspecified atom stereocenters. The van der Waals surface area contributed by atoms with Gasteiger partial charge in [0.05, 0.1) is 16.4 Å². The normalized spacial score (nSPS) is 14.2. The van der Waals surface area contributed by atoms with Crippen molar-refractivity contribution in [3.63, 3.8) is 0 Å². The van der Waals surface area contributed by atoms with Crippen molar-refractivity contribution in [2.45, 2.75) is 52.9 Å². The Bertz CT molecular complexity index is 1010. The molecule has 1 aromatic heterocycles. The number of aromatic nitrogens is 1. The smallest absolute Gasteiger partial charge is 0.403 e. The average molecular weight is 474 g/mol. The highest BCUT2D eigenvalue weighted by atomic mass is 35.5. The van der Waals surface area contributed by atoms with Crippen LogP contribution in [0.4, 0.5) is 29.1 Å². The summed E-state index contributed by atoms with van der Waals surface area (Å²) in [7, 11) is 0. The van der Waals surface area contributed by atoms with Gasteiger partial charge in [-0.1, -0.05) is 38.4 Å². The minimum Gasteiger partial charge on any atom is -0.403 e. The lowest BCUT2D eigenvalue weighted by molar-refractivity contribution is -0.275. The molecule has 1 aliphatic rings. The monoisotopic (exact) mass is 473 g/mol. The second-order valence-electron chi connectivity index (χ2n) is 8.91. The predicted molar refractivity (Wildman–Crippen MR) is 114 cm³/mol. The molecule has 0 spiro atoms. The standard InChI is InChI=1S/C22H24ClF4N3O2/c1-21(2,3)11-19(31)29-20-14(23)10-17-16(28-20)5-4-8-30(17)12-13-6-7-18(15(24)9-13)32-22(25,26)27/h6-7,9-10H,4-5,8,11-12H2,1-3H3,(H,28,29,31). The van der Waals surface area contributed by atoms with E-state index in [0.717, 1.165) is 29.9 Å². The number of hydrogen-bond donors (Lipinski definition) is 1. The Balaban J connectivity index is 1.78. The third-order valence-corrected chi connectivity index (χ3v) is 5.05. The van der Waals surface area contributed by atoms with Crippen molar-refractivity contribution in [1.82, 2.24) is 4.98 Å². The number of pyridine rings is 1. The van der Waals surface area contributed by atoms with E-state index in [4.69, 9.17) is 11.6 Å². The summed E-state index contributed by atoms with van der Waals surface area (Å²) in [6.45, 7) is 6.76. The van der Waals surface area contributed by atoms with Crippen LogP contribution in [0.3, 0.4) is 0 Å². The molecule has 32 heavy (non-hydrogen) atoms. The predicted octanol–water partition coefficient (Wildman–Crippen LogP) is 6.10. The van der Waals surface area contributed by atoms with Gasteiger partial charge in [0.2, 0.25) is 5.91 Å². The molecule has 1 N–H and O–H groups in total. The topological polar surface area (TPSA) is 54.5 Å². The fourth-order valence-corrected chi connectivity index (χ4v) is 3.71. The molecule has 0 fully saturated rings. The van der Waals surface area contributed by atoms with Gasteiger partial charge in [0.1, 0.15) is 0 Å². The molecule has 10 heteroatoms. The highest BCUT2D eigenvalue weighted by Gasteiger charge is 2.32. The Morgan fingerprint density at radius 1 is 1.25 bits per heavy atom. The Morgan fingerprint density at radius 3 is 2.59 bits per heavy atom. The summed E-state index contributed by atoms with van der Waals surface area (Å²) in [4.78, 5) is 18.7. The van der Waals surface area contributed by atoms with Gasteiger partial charge < -0.3 is 15.0 Å². The van der Waals surface area contributed by atoms with E-state index in [9.17, 15) is 22.4 Å². The van der Waals surface area contributed by atoms with Gasteiger partial charge in [-0.25, -0.2) is 9.37 Å². The van der Waals surface area contributed by atoms with E-state index in [1.807, 2.05) is 25.7 Å². The van der Waals surface area contributed by atoms with Crippen LogP contribution in [0.5, 0.6) is 5.75 Å². The van der Waals surface area contributed by atoms with Crippen LogP contribution in [-0.2, 0) is 17.8 Å². The summed E-state index contributed by atoms with van der Waals surface area (Å²) >= 11 is 6.37. The molecule has 1 amide bonds. The lowest BCUT2D eigenvalue weighted by Gasteiger charge is -2.31. The summed E-state index contributed by atoms with van der Waals surface area (Å²) < 4.78 is 54.8. The summed E-state index contributed by atoms with van der Waals surface area (Å²) in [5.41, 5.74) is 1.77. The summed E-state index contributed by atoms with van der Waals surface area (Å²) in [6.07, 6.45) is -3.20. The number of carbonyl (C=O) groups is 1. The molecular weight excluding hydrogens is 450 g/mol. The molecule has 0 saturated heterocycles. The van der Waals surface area contributed by atoms with Gasteiger partial charge in [0, 0.05) is 19.5 Å². The quantitative estimate of drug-likeness (QED) is 0.533. The third-order valence-electron chi connectivity index (χ3n) is 4.76. The number of hydrogen-bond acceptors (Lipinski definition) is 4. The Labute approximate surface area is 188 Å². The van der Waals surface area contributed by atoms with Crippen LogP contribution in [0.25, 0.3) is 0 Å². The van der Waals surface area contributed by atoms with E-state index in [0.29, 0.717) is 30.8 Å². The first-order chi connectivity index (χ1) is 14.8. The van der Waals surface area contributed by atoms with Crippen molar-refractivity contribution in [3.8, 4) is 5.75 Å². The molecule has 1 aliphatic heterocycles. The van der Waals surface area contributed by atoms with E-state index in [2.05, 4.69) is 15.0 Å². The summed E-state index contributed by atoms with van der Waals surface area (Å²) in [5, 5.41) is 3.03. The maximum absolute atomic E-state index is 14.1. The minimum atomic E-state index is -4.96. The molecule has 0 radical (unpaired) electrons. The summed E-state index contributed by atoms with van der Waals surface area (Å²) in [6, 6.07) is 5.06. The van der Waals surface area contributed by atoms with Crippen molar-refractivity contribution >= 4 is 29.0 Å². The zero-order chi connectivity index (χ0) is 23.7.